The van der Waals surface area contributed by atoms with Gasteiger partial charge in [0.15, 0.2) is 6.29 Å². The van der Waals surface area contributed by atoms with E-state index in [-0.39, 0.29) is 26.4 Å². The third-order valence-corrected chi connectivity index (χ3v) is 5.13. The smallest absolute Gasteiger partial charge is 0.233 e. The summed E-state index contributed by atoms with van der Waals surface area (Å²) in [5.41, 5.74) is 2.63. The number of carbonyl (C=O) groups is 2. The van der Waals surface area contributed by atoms with E-state index in [0.717, 1.165) is 21.8 Å². The van der Waals surface area contributed by atoms with E-state index in [0.29, 0.717) is 12.7 Å². The van der Waals surface area contributed by atoms with Crippen molar-refractivity contribution in [1.82, 2.24) is 5.06 Å². The summed E-state index contributed by atoms with van der Waals surface area (Å²) in [6, 6.07) is 28.1. The van der Waals surface area contributed by atoms with Crippen molar-refractivity contribution in [2.45, 2.75) is 38.1 Å². The predicted octanol–water partition coefficient (Wildman–Crippen LogP) is 3.31. The van der Waals surface area contributed by atoms with Gasteiger partial charge in [-0.05, 0) is 16.7 Å². The highest BCUT2D eigenvalue weighted by Gasteiger charge is 2.32. The molecule has 0 heterocycles. The molecule has 0 saturated heterocycles. The van der Waals surface area contributed by atoms with Gasteiger partial charge >= 0.3 is 0 Å². The van der Waals surface area contributed by atoms with E-state index < -0.39 is 18.3 Å². The SMILES string of the molecule is O=C[C@@H](OCc1ccccc1)[C@H](OCc1ccccc1)[C@H](O)CN(C=O)OCc1ccccc1. The lowest BCUT2D eigenvalue weighted by atomic mass is 10.1. The topological polar surface area (TPSA) is 85.3 Å². The molecule has 7 nitrogen and oxygen atoms in total. The van der Waals surface area contributed by atoms with Crippen LogP contribution in [-0.4, -0.2) is 47.7 Å². The van der Waals surface area contributed by atoms with Crippen molar-refractivity contribution < 1.29 is 29.0 Å². The lowest BCUT2D eigenvalue weighted by Gasteiger charge is -2.30. The van der Waals surface area contributed by atoms with Crippen LogP contribution in [0.1, 0.15) is 16.7 Å². The fraction of sp³-hybridized carbons (Fsp3) is 0.259. The third-order valence-electron chi connectivity index (χ3n) is 5.13. The van der Waals surface area contributed by atoms with Gasteiger partial charge in [0.05, 0.1) is 19.8 Å². The number of hydrogen-bond acceptors (Lipinski definition) is 6. The average molecular weight is 464 g/mol. The first-order valence-electron chi connectivity index (χ1n) is 11.0. The first kappa shape index (κ1) is 25.3. The molecule has 3 aromatic rings. The zero-order chi connectivity index (χ0) is 24.0. The van der Waals surface area contributed by atoms with Crippen LogP contribution in [0.2, 0.25) is 0 Å². The Morgan fingerprint density at radius 3 is 1.65 bits per heavy atom. The molecule has 3 rings (SSSR count). The first-order valence-corrected chi connectivity index (χ1v) is 11.0. The van der Waals surface area contributed by atoms with E-state index in [1.54, 1.807) is 0 Å². The molecule has 0 saturated carbocycles. The number of aldehydes is 1. The molecular formula is C27H29NO6. The number of amides is 1. The number of carbonyl (C=O) groups excluding carboxylic acids is 2. The zero-order valence-electron chi connectivity index (χ0n) is 18.8. The van der Waals surface area contributed by atoms with Gasteiger partial charge in [0.1, 0.15) is 24.9 Å². The quantitative estimate of drug-likeness (QED) is 0.275. The van der Waals surface area contributed by atoms with E-state index in [2.05, 4.69) is 0 Å². The van der Waals surface area contributed by atoms with Crippen molar-refractivity contribution in [3.63, 3.8) is 0 Å². The van der Waals surface area contributed by atoms with Gasteiger partial charge in [-0.2, -0.15) is 0 Å². The van der Waals surface area contributed by atoms with Crippen molar-refractivity contribution in [2.24, 2.45) is 0 Å². The maximum atomic E-state index is 11.9. The summed E-state index contributed by atoms with van der Waals surface area (Å²) in [4.78, 5) is 29.0. The van der Waals surface area contributed by atoms with E-state index in [1.165, 1.54) is 0 Å². The Labute approximate surface area is 199 Å². The van der Waals surface area contributed by atoms with Crippen LogP contribution in [0.5, 0.6) is 0 Å². The van der Waals surface area contributed by atoms with Crippen LogP contribution in [0.4, 0.5) is 0 Å². The Hall–Kier alpha value is -3.36. The number of aliphatic hydroxyl groups excluding tert-OH is 1. The molecule has 3 atom stereocenters. The van der Waals surface area contributed by atoms with E-state index in [9.17, 15) is 14.7 Å². The lowest BCUT2D eigenvalue weighted by molar-refractivity contribution is -0.198. The van der Waals surface area contributed by atoms with Crippen LogP contribution in [0, 0.1) is 0 Å². The Bertz CT molecular complexity index is 970. The van der Waals surface area contributed by atoms with Crippen molar-refractivity contribution in [2.75, 3.05) is 6.54 Å². The highest BCUT2D eigenvalue weighted by atomic mass is 16.7. The fourth-order valence-electron chi connectivity index (χ4n) is 3.32. The number of hydroxylamine groups is 2. The van der Waals surface area contributed by atoms with Crippen LogP contribution in [-0.2, 0) is 43.7 Å². The van der Waals surface area contributed by atoms with Crippen LogP contribution in [0.3, 0.4) is 0 Å². The summed E-state index contributed by atoms with van der Waals surface area (Å²) in [7, 11) is 0. The minimum Gasteiger partial charge on any atom is -0.388 e. The largest absolute Gasteiger partial charge is 0.388 e. The van der Waals surface area contributed by atoms with Gasteiger partial charge < -0.3 is 19.4 Å². The Morgan fingerprint density at radius 2 is 1.18 bits per heavy atom. The molecule has 1 N–H and O–H groups in total. The highest BCUT2D eigenvalue weighted by molar-refractivity contribution is 5.57. The fourth-order valence-corrected chi connectivity index (χ4v) is 3.32. The third kappa shape index (κ3) is 8.20. The van der Waals surface area contributed by atoms with Gasteiger partial charge in [-0.25, -0.2) is 5.06 Å². The van der Waals surface area contributed by atoms with Crippen molar-refractivity contribution in [3.05, 3.63) is 108 Å². The molecule has 0 bridgehead atoms. The molecule has 3 aromatic carbocycles. The van der Waals surface area contributed by atoms with Gasteiger partial charge in [-0.1, -0.05) is 91.0 Å². The number of hydrogen-bond donors (Lipinski definition) is 1. The average Bonchev–Trinajstić information content (AvgIpc) is 2.90. The van der Waals surface area contributed by atoms with Crippen LogP contribution >= 0.6 is 0 Å². The van der Waals surface area contributed by atoms with Crippen molar-refractivity contribution in [1.29, 1.82) is 0 Å². The van der Waals surface area contributed by atoms with Crippen molar-refractivity contribution in [3.8, 4) is 0 Å². The van der Waals surface area contributed by atoms with E-state index >= 15 is 0 Å². The van der Waals surface area contributed by atoms with Gasteiger partial charge in [0.25, 0.3) is 0 Å². The minimum atomic E-state index is -1.24. The molecule has 0 radical (unpaired) electrons. The standard InChI is InChI=1S/C27H29NO6/c29-17-26(32-18-22-10-4-1-5-11-22)27(33-19-23-12-6-2-7-13-23)25(31)16-28(21-30)34-20-24-14-8-3-9-15-24/h1-15,17,21,25-27,31H,16,18-20H2/t25-,26-,27-/m1/s1. The molecule has 178 valence electrons. The van der Waals surface area contributed by atoms with Gasteiger partial charge in [0.2, 0.25) is 6.41 Å². The first-order chi connectivity index (χ1) is 16.7. The molecule has 0 fully saturated rings. The summed E-state index contributed by atoms with van der Waals surface area (Å²) in [6.07, 6.45) is -2.22. The molecule has 1 amide bonds. The van der Waals surface area contributed by atoms with E-state index in [4.69, 9.17) is 14.3 Å². The number of aliphatic hydroxyl groups is 1. The molecular weight excluding hydrogens is 434 g/mol. The Morgan fingerprint density at radius 1 is 0.706 bits per heavy atom. The monoisotopic (exact) mass is 463 g/mol. The second-order valence-electron chi connectivity index (χ2n) is 7.69. The number of ether oxygens (including phenoxy) is 2. The molecule has 0 unspecified atom stereocenters. The van der Waals surface area contributed by atoms with Crippen molar-refractivity contribution >= 4 is 12.7 Å². The van der Waals surface area contributed by atoms with E-state index in [1.807, 2.05) is 91.0 Å². The molecule has 0 aliphatic heterocycles. The summed E-state index contributed by atoms with van der Waals surface area (Å²) < 4.78 is 11.7. The summed E-state index contributed by atoms with van der Waals surface area (Å²) in [5, 5.41) is 11.9. The Balaban J connectivity index is 1.66. The normalized spacial score (nSPS) is 13.6. The number of benzene rings is 3. The summed E-state index contributed by atoms with van der Waals surface area (Å²) in [5.74, 6) is 0. The molecule has 0 aliphatic carbocycles. The maximum Gasteiger partial charge on any atom is 0.233 e. The summed E-state index contributed by atoms with van der Waals surface area (Å²) >= 11 is 0. The molecule has 0 spiro atoms. The second-order valence-corrected chi connectivity index (χ2v) is 7.69. The van der Waals surface area contributed by atoms with Gasteiger partial charge in [-0.3, -0.25) is 9.63 Å². The number of rotatable bonds is 15. The molecule has 0 aliphatic rings. The lowest BCUT2D eigenvalue weighted by Crippen LogP contribution is -2.47. The van der Waals surface area contributed by atoms with Crippen LogP contribution in [0.15, 0.2) is 91.0 Å². The van der Waals surface area contributed by atoms with Crippen LogP contribution < -0.4 is 0 Å². The molecule has 34 heavy (non-hydrogen) atoms. The maximum absolute atomic E-state index is 11.9. The van der Waals surface area contributed by atoms with Gasteiger partial charge in [-0.15, -0.1) is 0 Å². The van der Waals surface area contributed by atoms with Gasteiger partial charge in [0, 0.05) is 0 Å². The number of nitrogens with zero attached hydrogens (tertiary/aromatic N) is 1. The summed E-state index contributed by atoms with van der Waals surface area (Å²) in [6.45, 7) is 0.288. The molecule has 0 aromatic heterocycles. The minimum absolute atomic E-state index is 0.156. The second kappa shape index (κ2) is 14.0. The molecule has 7 heteroatoms. The predicted molar refractivity (Wildman–Crippen MR) is 126 cm³/mol. The zero-order valence-corrected chi connectivity index (χ0v) is 18.8. The highest BCUT2D eigenvalue weighted by Crippen LogP contribution is 2.15. The Kier molecular flexibility index (Phi) is 10.4. The van der Waals surface area contributed by atoms with Crippen LogP contribution in [0.25, 0.3) is 0 Å².